The molecule has 154 valence electrons. The molecular weight excluding hydrogens is 386 g/mol. The van der Waals surface area contributed by atoms with E-state index in [1.54, 1.807) is 12.0 Å². The Morgan fingerprint density at radius 1 is 1.13 bits per heavy atom. The Labute approximate surface area is 173 Å². The molecular formula is C22H21N3O5. The second-order valence-electron chi connectivity index (χ2n) is 6.88. The molecule has 0 fully saturated rings. The molecule has 3 heterocycles. The standard InChI is InChI=1S/C22H21N3O5/c1-28-19(14-6-4-3-5-7-14)20-24-17-13-25(9-8-18(17)30-20)21(26)15-10-16(12-23-11-15)22(27)29-2/h3-7,10-12,19H,8-9,13H2,1-2H3. The van der Waals surface area contributed by atoms with Gasteiger partial charge in [-0.3, -0.25) is 9.78 Å². The van der Waals surface area contributed by atoms with E-state index in [1.807, 2.05) is 30.3 Å². The van der Waals surface area contributed by atoms with Crippen LogP contribution < -0.4 is 0 Å². The second kappa shape index (κ2) is 8.46. The third-order valence-corrected chi connectivity index (χ3v) is 5.00. The molecule has 1 amide bonds. The van der Waals surface area contributed by atoms with Gasteiger partial charge in [0.15, 0.2) is 6.10 Å². The zero-order valence-corrected chi connectivity index (χ0v) is 16.7. The molecule has 8 heteroatoms. The van der Waals surface area contributed by atoms with Crippen LogP contribution in [-0.4, -0.2) is 47.5 Å². The Morgan fingerprint density at radius 2 is 1.90 bits per heavy atom. The van der Waals surface area contributed by atoms with Crippen molar-refractivity contribution >= 4 is 11.9 Å². The highest BCUT2D eigenvalue weighted by atomic mass is 16.5. The van der Waals surface area contributed by atoms with Crippen molar-refractivity contribution in [2.24, 2.45) is 0 Å². The van der Waals surface area contributed by atoms with Crippen molar-refractivity contribution in [3.63, 3.8) is 0 Å². The lowest BCUT2D eigenvalue weighted by atomic mass is 10.1. The molecule has 30 heavy (non-hydrogen) atoms. The summed E-state index contributed by atoms with van der Waals surface area (Å²) < 4.78 is 16.3. The highest BCUT2D eigenvalue weighted by Crippen LogP contribution is 2.29. The summed E-state index contributed by atoms with van der Waals surface area (Å²) in [6, 6.07) is 11.2. The van der Waals surface area contributed by atoms with Crippen LogP contribution in [-0.2, 0) is 22.4 Å². The van der Waals surface area contributed by atoms with E-state index in [2.05, 4.69) is 9.97 Å². The summed E-state index contributed by atoms with van der Waals surface area (Å²) in [5, 5.41) is 0. The molecule has 1 unspecified atom stereocenters. The van der Waals surface area contributed by atoms with Crippen molar-refractivity contribution < 1.29 is 23.5 Å². The van der Waals surface area contributed by atoms with Gasteiger partial charge in [0.2, 0.25) is 5.89 Å². The van der Waals surface area contributed by atoms with Crippen molar-refractivity contribution in [3.8, 4) is 0 Å². The number of aromatic nitrogens is 2. The van der Waals surface area contributed by atoms with Crippen molar-refractivity contribution in [2.45, 2.75) is 19.1 Å². The van der Waals surface area contributed by atoms with Gasteiger partial charge in [0.25, 0.3) is 5.91 Å². The van der Waals surface area contributed by atoms with Crippen molar-refractivity contribution in [1.29, 1.82) is 0 Å². The SMILES string of the molecule is COC(=O)c1cncc(C(=O)N2CCc3oc(C(OC)c4ccccc4)nc3C2)c1. The van der Waals surface area contributed by atoms with Gasteiger partial charge in [-0.15, -0.1) is 0 Å². The molecule has 0 aliphatic carbocycles. The first-order chi connectivity index (χ1) is 14.6. The quantitative estimate of drug-likeness (QED) is 0.600. The summed E-state index contributed by atoms with van der Waals surface area (Å²) in [6.45, 7) is 0.789. The second-order valence-corrected chi connectivity index (χ2v) is 6.88. The van der Waals surface area contributed by atoms with E-state index in [0.29, 0.717) is 36.7 Å². The van der Waals surface area contributed by atoms with Gasteiger partial charge in [-0.2, -0.15) is 0 Å². The normalized spacial score (nSPS) is 14.1. The average Bonchev–Trinajstić information content (AvgIpc) is 3.22. The minimum Gasteiger partial charge on any atom is -0.465 e. The summed E-state index contributed by atoms with van der Waals surface area (Å²) in [7, 11) is 2.89. The molecule has 1 aliphatic rings. The number of carbonyl (C=O) groups excluding carboxylic acids is 2. The maximum Gasteiger partial charge on any atom is 0.339 e. The van der Waals surface area contributed by atoms with Crippen LogP contribution >= 0.6 is 0 Å². The molecule has 1 atom stereocenters. The summed E-state index contributed by atoms with van der Waals surface area (Å²) >= 11 is 0. The van der Waals surface area contributed by atoms with Crippen molar-refractivity contribution in [3.05, 3.63) is 82.8 Å². The van der Waals surface area contributed by atoms with Crippen LogP contribution in [0.15, 0.2) is 53.2 Å². The number of hydrogen-bond donors (Lipinski definition) is 0. The van der Waals surface area contributed by atoms with Gasteiger partial charge in [0, 0.05) is 32.5 Å². The number of carbonyl (C=O) groups is 2. The molecule has 0 spiro atoms. The van der Waals surface area contributed by atoms with Crippen LogP contribution in [0.2, 0.25) is 0 Å². The van der Waals surface area contributed by atoms with Crippen LogP contribution in [0.3, 0.4) is 0 Å². The molecule has 0 bridgehead atoms. The summed E-state index contributed by atoms with van der Waals surface area (Å²) in [6.07, 6.45) is 2.94. The molecule has 1 aromatic carbocycles. The zero-order chi connectivity index (χ0) is 21.1. The van der Waals surface area contributed by atoms with Crippen molar-refractivity contribution in [1.82, 2.24) is 14.9 Å². The summed E-state index contributed by atoms with van der Waals surface area (Å²) in [5.41, 5.74) is 2.21. The lowest BCUT2D eigenvalue weighted by Crippen LogP contribution is -2.36. The molecule has 1 aliphatic heterocycles. The van der Waals surface area contributed by atoms with E-state index in [9.17, 15) is 9.59 Å². The molecule has 0 N–H and O–H groups in total. The fraction of sp³-hybridized carbons (Fsp3) is 0.273. The number of hydrogen-bond acceptors (Lipinski definition) is 7. The van der Waals surface area contributed by atoms with E-state index in [-0.39, 0.29) is 11.5 Å². The Morgan fingerprint density at radius 3 is 2.63 bits per heavy atom. The Balaban J connectivity index is 1.54. The van der Waals surface area contributed by atoms with Gasteiger partial charge >= 0.3 is 5.97 Å². The molecule has 0 saturated heterocycles. The number of nitrogens with zero attached hydrogens (tertiary/aromatic N) is 3. The number of benzene rings is 1. The number of methoxy groups -OCH3 is 2. The topological polar surface area (TPSA) is 94.8 Å². The van der Waals surface area contributed by atoms with E-state index in [0.717, 1.165) is 11.3 Å². The van der Waals surface area contributed by atoms with Gasteiger partial charge in [-0.25, -0.2) is 9.78 Å². The first-order valence-corrected chi connectivity index (χ1v) is 9.49. The van der Waals surface area contributed by atoms with Crippen LogP contribution in [0.1, 0.15) is 49.7 Å². The van der Waals surface area contributed by atoms with E-state index in [1.165, 1.54) is 25.6 Å². The number of ether oxygens (including phenoxy) is 2. The minimum absolute atomic E-state index is 0.227. The fourth-order valence-electron chi connectivity index (χ4n) is 3.48. The lowest BCUT2D eigenvalue weighted by Gasteiger charge is -2.25. The summed E-state index contributed by atoms with van der Waals surface area (Å²) in [4.78, 5) is 34.9. The van der Waals surface area contributed by atoms with Crippen LogP contribution in [0.4, 0.5) is 0 Å². The van der Waals surface area contributed by atoms with Gasteiger partial charge < -0.3 is 18.8 Å². The number of rotatable bonds is 5. The third-order valence-electron chi connectivity index (χ3n) is 5.00. The monoisotopic (exact) mass is 407 g/mol. The Kier molecular flexibility index (Phi) is 5.58. The van der Waals surface area contributed by atoms with Gasteiger partial charge in [0.05, 0.1) is 24.8 Å². The summed E-state index contributed by atoms with van der Waals surface area (Å²) in [5.74, 6) is 0.464. The van der Waals surface area contributed by atoms with Gasteiger partial charge in [-0.05, 0) is 11.6 Å². The molecule has 3 aromatic rings. The molecule has 4 rings (SSSR count). The zero-order valence-electron chi connectivity index (χ0n) is 16.7. The first kappa shape index (κ1) is 19.8. The van der Waals surface area contributed by atoms with E-state index < -0.39 is 12.1 Å². The van der Waals surface area contributed by atoms with Crippen molar-refractivity contribution in [2.75, 3.05) is 20.8 Å². The highest BCUT2D eigenvalue weighted by molar-refractivity contribution is 5.97. The number of pyridine rings is 1. The molecule has 2 aromatic heterocycles. The van der Waals surface area contributed by atoms with E-state index in [4.69, 9.17) is 13.9 Å². The maximum atomic E-state index is 12.9. The Hall–Kier alpha value is -3.52. The predicted molar refractivity (Wildman–Crippen MR) is 106 cm³/mol. The Bertz CT molecular complexity index is 1060. The first-order valence-electron chi connectivity index (χ1n) is 9.49. The smallest absolute Gasteiger partial charge is 0.339 e. The van der Waals surface area contributed by atoms with Gasteiger partial charge in [-0.1, -0.05) is 30.3 Å². The minimum atomic E-state index is -0.536. The van der Waals surface area contributed by atoms with E-state index >= 15 is 0 Å². The number of oxazole rings is 1. The highest BCUT2D eigenvalue weighted by Gasteiger charge is 2.29. The number of fused-ring (bicyclic) bond motifs is 1. The average molecular weight is 407 g/mol. The predicted octanol–water partition coefficient (Wildman–Crippen LogP) is 2.79. The number of esters is 1. The van der Waals surface area contributed by atoms with Crippen LogP contribution in [0.25, 0.3) is 0 Å². The molecule has 0 radical (unpaired) electrons. The molecule has 8 nitrogen and oxygen atoms in total. The molecule has 0 saturated carbocycles. The largest absolute Gasteiger partial charge is 0.465 e. The maximum absolute atomic E-state index is 12.9. The van der Waals surface area contributed by atoms with Crippen LogP contribution in [0.5, 0.6) is 0 Å². The van der Waals surface area contributed by atoms with Gasteiger partial charge in [0.1, 0.15) is 11.5 Å². The third kappa shape index (κ3) is 3.81. The fourth-order valence-corrected chi connectivity index (χ4v) is 3.48. The number of amides is 1. The van der Waals surface area contributed by atoms with Crippen LogP contribution in [0, 0.1) is 0 Å². The lowest BCUT2D eigenvalue weighted by molar-refractivity contribution is 0.0600.